The molecule has 6 heteroatoms. The van der Waals surface area contributed by atoms with Crippen molar-refractivity contribution in [2.75, 3.05) is 19.3 Å². The van der Waals surface area contributed by atoms with Crippen LogP contribution in [0.25, 0.3) is 0 Å². The molecular formula is C8H15NO4S. The number of sulfonamides is 1. The Labute approximate surface area is 84.1 Å². The monoisotopic (exact) mass is 221 g/mol. The molecule has 0 aromatic heterocycles. The number of carboxylic acid groups (broad SMARTS) is 1. The lowest BCUT2D eigenvalue weighted by atomic mass is 10.3. The third kappa shape index (κ3) is 4.98. The maximum absolute atomic E-state index is 11.4. The van der Waals surface area contributed by atoms with Crippen molar-refractivity contribution in [2.24, 2.45) is 0 Å². The van der Waals surface area contributed by atoms with Gasteiger partial charge >= 0.3 is 5.97 Å². The normalized spacial score (nSPS) is 11.6. The van der Waals surface area contributed by atoms with Gasteiger partial charge in [0, 0.05) is 20.0 Å². The molecule has 0 heterocycles. The summed E-state index contributed by atoms with van der Waals surface area (Å²) in [5.74, 6) is -1.12. The van der Waals surface area contributed by atoms with Gasteiger partial charge in [-0.1, -0.05) is 6.08 Å². The summed E-state index contributed by atoms with van der Waals surface area (Å²) in [5, 5.41) is 8.33. The lowest BCUT2D eigenvalue weighted by Gasteiger charge is -2.14. The van der Waals surface area contributed by atoms with Gasteiger partial charge in [0.05, 0.1) is 5.75 Å². The lowest BCUT2D eigenvalue weighted by Crippen LogP contribution is -2.29. The van der Waals surface area contributed by atoms with Crippen molar-refractivity contribution in [2.45, 2.75) is 12.8 Å². The first-order chi connectivity index (χ1) is 6.40. The molecule has 14 heavy (non-hydrogen) atoms. The van der Waals surface area contributed by atoms with Crippen LogP contribution in [0.15, 0.2) is 12.7 Å². The highest BCUT2D eigenvalue weighted by Gasteiger charge is 2.16. The summed E-state index contributed by atoms with van der Waals surface area (Å²) < 4.78 is 23.9. The number of carbonyl (C=O) groups is 1. The molecule has 0 saturated carbocycles. The fourth-order valence-electron chi connectivity index (χ4n) is 0.857. The number of carboxylic acids is 1. The van der Waals surface area contributed by atoms with Crippen molar-refractivity contribution in [3.05, 3.63) is 12.7 Å². The molecule has 82 valence electrons. The van der Waals surface area contributed by atoms with Crippen LogP contribution >= 0.6 is 0 Å². The van der Waals surface area contributed by atoms with Crippen LogP contribution in [0.1, 0.15) is 12.8 Å². The van der Waals surface area contributed by atoms with Gasteiger partial charge in [0.25, 0.3) is 0 Å². The van der Waals surface area contributed by atoms with Gasteiger partial charge < -0.3 is 5.11 Å². The topological polar surface area (TPSA) is 74.7 Å². The zero-order valence-corrected chi connectivity index (χ0v) is 8.96. The first kappa shape index (κ1) is 13.1. The Morgan fingerprint density at radius 1 is 1.57 bits per heavy atom. The predicted octanol–water partition coefficient (Wildman–Crippen LogP) is 0.299. The fraction of sp³-hybridized carbons (Fsp3) is 0.625. The van der Waals surface area contributed by atoms with Crippen LogP contribution in [-0.2, 0) is 14.8 Å². The van der Waals surface area contributed by atoms with Crippen LogP contribution in [0.2, 0.25) is 0 Å². The van der Waals surface area contributed by atoms with Crippen LogP contribution in [0.5, 0.6) is 0 Å². The van der Waals surface area contributed by atoms with Gasteiger partial charge in [0.2, 0.25) is 10.0 Å². The summed E-state index contributed by atoms with van der Waals surface area (Å²) in [5.41, 5.74) is 0. The molecule has 1 N–H and O–H groups in total. The van der Waals surface area contributed by atoms with E-state index in [-0.39, 0.29) is 25.1 Å². The van der Waals surface area contributed by atoms with Gasteiger partial charge in [0.1, 0.15) is 0 Å². The molecule has 0 aliphatic rings. The number of hydrogen-bond donors (Lipinski definition) is 1. The smallest absolute Gasteiger partial charge is 0.303 e. The van der Waals surface area contributed by atoms with Crippen molar-refractivity contribution < 1.29 is 18.3 Å². The minimum absolute atomic E-state index is 0.124. The highest BCUT2D eigenvalue weighted by Crippen LogP contribution is 2.02. The third-order valence-corrected chi connectivity index (χ3v) is 3.56. The van der Waals surface area contributed by atoms with Crippen molar-refractivity contribution in [1.29, 1.82) is 0 Å². The molecule has 0 radical (unpaired) electrons. The third-order valence-electron chi connectivity index (χ3n) is 1.65. The van der Waals surface area contributed by atoms with Gasteiger partial charge in [0.15, 0.2) is 0 Å². The molecule has 0 rings (SSSR count). The number of nitrogens with zero attached hydrogens (tertiary/aromatic N) is 1. The van der Waals surface area contributed by atoms with Gasteiger partial charge in [-0.3, -0.25) is 4.79 Å². The Bertz CT molecular complexity index is 296. The highest BCUT2D eigenvalue weighted by molar-refractivity contribution is 7.89. The summed E-state index contributed by atoms with van der Waals surface area (Å²) >= 11 is 0. The average Bonchev–Trinajstić information content (AvgIpc) is 2.03. The maximum atomic E-state index is 11.4. The number of rotatable bonds is 7. The summed E-state index contributed by atoms with van der Waals surface area (Å²) in [7, 11) is -1.88. The van der Waals surface area contributed by atoms with Crippen LogP contribution < -0.4 is 0 Å². The standard InChI is InChI=1S/C8H15NO4S/c1-3-6-9(2)14(12,13)7-4-5-8(10)11/h3H,1,4-7H2,2H3,(H,10,11). The second kappa shape index (κ2) is 5.77. The lowest BCUT2D eigenvalue weighted by molar-refractivity contribution is -0.137. The molecule has 0 spiro atoms. The Morgan fingerprint density at radius 3 is 2.57 bits per heavy atom. The van der Waals surface area contributed by atoms with E-state index in [1.807, 2.05) is 0 Å². The molecule has 0 aromatic rings. The van der Waals surface area contributed by atoms with Gasteiger partial charge in [-0.2, -0.15) is 0 Å². The molecule has 5 nitrogen and oxygen atoms in total. The van der Waals surface area contributed by atoms with Crippen LogP contribution in [0.3, 0.4) is 0 Å². The number of likely N-dealkylation sites (N-methyl/N-ethyl adjacent to an activating group) is 1. The molecule has 0 aromatic carbocycles. The Morgan fingerprint density at radius 2 is 2.14 bits per heavy atom. The van der Waals surface area contributed by atoms with Gasteiger partial charge in [-0.15, -0.1) is 6.58 Å². The first-order valence-electron chi connectivity index (χ1n) is 4.17. The van der Waals surface area contributed by atoms with Crippen molar-refractivity contribution in [3.8, 4) is 0 Å². The summed E-state index contributed by atoms with van der Waals surface area (Å²) in [6.07, 6.45) is 1.50. The molecule has 0 fully saturated rings. The van der Waals surface area contributed by atoms with E-state index in [1.54, 1.807) is 0 Å². The fourth-order valence-corrected chi connectivity index (χ4v) is 2.01. The van der Waals surface area contributed by atoms with E-state index >= 15 is 0 Å². The van der Waals surface area contributed by atoms with E-state index in [1.165, 1.54) is 13.1 Å². The number of hydrogen-bond acceptors (Lipinski definition) is 3. The zero-order chi connectivity index (χ0) is 11.2. The minimum atomic E-state index is -3.32. The second-order valence-corrected chi connectivity index (χ2v) is 5.08. The largest absolute Gasteiger partial charge is 0.481 e. The highest BCUT2D eigenvalue weighted by atomic mass is 32.2. The molecule has 0 bridgehead atoms. The van der Waals surface area contributed by atoms with Crippen molar-refractivity contribution in [1.82, 2.24) is 4.31 Å². The minimum Gasteiger partial charge on any atom is -0.481 e. The van der Waals surface area contributed by atoms with E-state index in [4.69, 9.17) is 5.11 Å². The van der Waals surface area contributed by atoms with Crippen molar-refractivity contribution in [3.63, 3.8) is 0 Å². The van der Waals surface area contributed by atoms with Crippen molar-refractivity contribution >= 4 is 16.0 Å². The molecule has 0 saturated heterocycles. The Kier molecular flexibility index (Phi) is 5.40. The van der Waals surface area contributed by atoms with E-state index in [0.717, 1.165) is 4.31 Å². The quantitative estimate of drug-likeness (QED) is 0.627. The zero-order valence-electron chi connectivity index (χ0n) is 8.14. The molecular weight excluding hydrogens is 206 g/mol. The molecule has 0 unspecified atom stereocenters. The number of aliphatic carboxylic acids is 1. The van der Waals surface area contributed by atoms with Gasteiger partial charge in [-0.05, 0) is 6.42 Å². The Hall–Kier alpha value is -0.880. The Balaban J connectivity index is 4.07. The molecule has 0 atom stereocenters. The van der Waals surface area contributed by atoms with Gasteiger partial charge in [-0.25, -0.2) is 12.7 Å². The molecule has 0 amide bonds. The molecule has 0 aliphatic heterocycles. The van der Waals surface area contributed by atoms with E-state index in [2.05, 4.69) is 6.58 Å². The van der Waals surface area contributed by atoms with Crippen LogP contribution in [0.4, 0.5) is 0 Å². The molecule has 0 aliphatic carbocycles. The van der Waals surface area contributed by atoms with Crippen LogP contribution in [0, 0.1) is 0 Å². The summed E-state index contributed by atoms with van der Waals surface area (Å²) in [6, 6.07) is 0. The van der Waals surface area contributed by atoms with E-state index < -0.39 is 16.0 Å². The van der Waals surface area contributed by atoms with Crippen LogP contribution in [-0.4, -0.2) is 43.1 Å². The summed E-state index contributed by atoms with van der Waals surface area (Å²) in [6.45, 7) is 3.67. The average molecular weight is 221 g/mol. The van der Waals surface area contributed by atoms with E-state index in [9.17, 15) is 13.2 Å². The second-order valence-electron chi connectivity index (χ2n) is 2.88. The first-order valence-corrected chi connectivity index (χ1v) is 5.77. The predicted molar refractivity (Wildman–Crippen MR) is 53.5 cm³/mol. The maximum Gasteiger partial charge on any atom is 0.303 e. The van der Waals surface area contributed by atoms with E-state index in [0.29, 0.717) is 0 Å². The SMILES string of the molecule is C=CCN(C)S(=O)(=O)CCCC(=O)O. The summed E-state index contributed by atoms with van der Waals surface area (Å²) in [4.78, 5) is 10.2.